The molecule has 0 aliphatic heterocycles. The molecule has 0 saturated carbocycles. The maximum absolute atomic E-state index is 5.63. The maximum atomic E-state index is 5.63. The average molecular weight is 202 g/mol. The predicted octanol–water partition coefficient (Wildman–Crippen LogP) is 2.11. The summed E-state index contributed by atoms with van der Waals surface area (Å²) in [4.78, 5) is 5.37. The normalized spacial score (nSPS) is 13.2. The van der Waals surface area contributed by atoms with Crippen LogP contribution in [-0.2, 0) is 5.75 Å². The van der Waals surface area contributed by atoms with Gasteiger partial charge in [-0.25, -0.2) is 0 Å². The molecule has 1 heterocycles. The third-order valence-electron chi connectivity index (χ3n) is 1.45. The third-order valence-corrected chi connectivity index (χ3v) is 3.45. The molecule has 1 atom stereocenters. The van der Waals surface area contributed by atoms with Crippen LogP contribution >= 0.6 is 23.1 Å². The van der Waals surface area contributed by atoms with Crippen LogP contribution in [0.25, 0.3) is 0 Å². The lowest BCUT2D eigenvalue weighted by atomic mass is 10.3. The second-order valence-corrected chi connectivity index (χ2v) is 4.86. The average Bonchev–Trinajstić information content (AvgIpc) is 2.49. The molecule has 2 N–H and O–H groups in total. The molecule has 68 valence electrons. The molecule has 0 fully saturated rings. The summed E-state index contributed by atoms with van der Waals surface area (Å²) < 4.78 is 0. The van der Waals surface area contributed by atoms with Crippen LogP contribution < -0.4 is 5.73 Å². The van der Waals surface area contributed by atoms with E-state index in [2.05, 4.69) is 4.98 Å². The van der Waals surface area contributed by atoms with Crippen molar-refractivity contribution in [3.8, 4) is 0 Å². The van der Waals surface area contributed by atoms with E-state index in [1.807, 2.05) is 30.4 Å². The van der Waals surface area contributed by atoms with Gasteiger partial charge < -0.3 is 5.73 Å². The Kier molecular flexibility index (Phi) is 4.65. The van der Waals surface area contributed by atoms with E-state index in [0.29, 0.717) is 6.04 Å². The lowest BCUT2D eigenvalue weighted by molar-refractivity contribution is 0.721. The van der Waals surface area contributed by atoms with Crippen molar-refractivity contribution >= 4 is 23.1 Å². The lowest BCUT2D eigenvalue weighted by Crippen LogP contribution is -2.15. The summed E-state index contributed by atoms with van der Waals surface area (Å²) in [5, 5.41) is 0. The molecule has 1 rings (SSSR count). The first-order chi connectivity index (χ1) is 5.79. The molecular weight excluding hydrogens is 188 g/mol. The minimum atomic E-state index is 0.332. The van der Waals surface area contributed by atoms with E-state index in [9.17, 15) is 0 Å². The molecule has 2 nitrogen and oxygen atoms in total. The summed E-state index contributed by atoms with van der Waals surface area (Å²) in [6.07, 6.45) is 3.03. The number of aromatic nitrogens is 1. The summed E-state index contributed by atoms with van der Waals surface area (Å²) in [5.74, 6) is 2.23. The fourth-order valence-corrected chi connectivity index (χ4v) is 2.61. The number of nitrogens with zero attached hydrogens (tertiary/aromatic N) is 1. The Morgan fingerprint density at radius 2 is 2.58 bits per heavy atom. The summed E-state index contributed by atoms with van der Waals surface area (Å²) in [5.41, 5.74) is 7.51. The number of rotatable bonds is 5. The van der Waals surface area contributed by atoms with Crippen LogP contribution in [0.1, 0.15) is 18.2 Å². The van der Waals surface area contributed by atoms with Gasteiger partial charge in [-0.3, -0.25) is 4.98 Å². The van der Waals surface area contributed by atoms with E-state index in [0.717, 1.165) is 17.9 Å². The number of nitrogens with two attached hydrogens (primary N) is 1. The highest BCUT2D eigenvalue weighted by atomic mass is 32.2. The van der Waals surface area contributed by atoms with E-state index in [4.69, 9.17) is 5.73 Å². The van der Waals surface area contributed by atoms with E-state index >= 15 is 0 Å². The quantitative estimate of drug-likeness (QED) is 0.743. The van der Waals surface area contributed by atoms with Gasteiger partial charge in [0.25, 0.3) is 0 Å². The Morgan fingerprint density at radius 1 is 1.75 bits per heavy atom. The van der Waals surface area contributed by atoms with Gasteiger partial charge in [-0.05, 0) is 19.1 Å². The van der Waals surface area contributed by atoms with E-state index in [1.165, 1.54) is 4.88 Å². The van der Waals surface area contributed by atoms with E-state index in [1.54, 1.807) is 11.3 Å². The molecule has 1 unspecified atom stereocenters. The van der Waals surface area contributed by atoms with Crippen LogP contribution in [-0.4, -0.2) is 16.8 Å². The zero-order chi connectivity index (χ0) is 8.81. The van der Waals surface area contributed by atoms with Crippen molar-refractivity contribution in [3.05, 3.63) is 16.6 Å². The fourth-order valence-electron chi connectivity index (χ4n) is 0.755. The SMILES string of the molecule is CC(N)CCSCc1cncs1. The van der Waals surface area contributed by atoms with Gasteiger partial charge in [0, 0.05) is 22.9 Å². The predicted molar refractivity (Wildman–Crippen MR) is 56.5 cm³/mol. The smallest absolute Gasteiger partial charge is 0.0794 e. The van der Waals surface area contributed by atoms with E-state index < -0.39 is 0 Å². The highest BCUT2D eigenvalue weighted by Gasteiger charge is 1.96. The highest BCUT2D eigenvalue weighted by Crippen LogP contribution is 2.16. The van der Waals surface area contributed by atoms with Crippen LogP contribution in [0.5, 0.6) is 0 Å². The van der Waals surface area contributed by atoms with Gasteiger partial charge in [0.1, 0.15) is 0 Å². The van der Waals surface area contributed by atoms with Crippen molar-refractivity contribution in [2.75, 3.05) is 5.75 Å². The van der Waals surface area contributed by atoms with Crippen molar-refractivity contribution < 1.29 is 0 Å². The highest BCUT2D eigenvalue weighted by molar-refractivity contribution is 7.98. The molecule has 1 aromatic heterocycles. The van der Waals surface area contributed by atoms with Crippen molar-refractivity contribution in [2.24, 2.45) is 5.73 Å². The second-order valence-electron chi connectivity index (χ2n) is 2.79. The molecule has 1 aromatic rings. The Bertz CT molecular complexity index is 197. The number of thioether (sulfide) groups is 1. The molecule has 4 heteroatoms. The van der Waals surface area contributed by atoms with Gasteiger partial charge in [-0.1, -0.05) is 0 Å². The number of hydrogen-bond donors (Lipinski definition) is 1. The molecule has 0 saturated heterocycles. The van der Waals surface area contributed by atoms with Gasteiger partial charge in [0.05, 0.1) is 5.51 Å². The Morgan fingerprint density at radius 3 is 3.17 bits per heavy atom. The van der Waals surface area contributed by atoms with Crippen LogP contribution in [0.4, 0.5) is 0 Å². The molecule has 0 radical (unpaired) electrons. The molecule has 0 aliphatic rings. The first-order valence-electron chi connectivity index (χ1n) is 3.99. The maximum Gasteiger partial charge on any atom is 0.0794 e. The van der Waals surface area contributed by atoms with Crippen molar-refractivity contribution in [3.63, 3.8) is 0 Å². The molecule has 12 heavy (non-hydrogen) atoms. The second kappa shape index (κ2) is 5.56. The van der Waals surface area contributed by atoms with Gasteiger partial charge in [-0.15, -0.1) is 11.3 Å². The van der Waals surface area contributed by atoms with E-state index in [-0.39, 0.29) is 0 Å². The van der Waals surface area contributed by atoms with Crippen LogP contribution in [0.3, 0.4) is 0 Å². The minimum absolute atomic E-state index is 0.332. The summed E-state index contributed by atoms with van der Waals surface area (Å²) >= 11 is 3.65. The van der Waals surface area contributed by atoms with Gasteiger partial charge >= 0.3 is 0 Å². The minimum Gasteiger partial charge on any atom is -0.328 e. The molecular formula is C8H14N2S2. The van der Waals surface area contributed by atoms with Crippen molar-refractivity contribution in [1.82, 2.24) is 4.98 Å². The van der Waals surface area contributed by atoms with Crippen molar-refractivity contribution in [1.29, 1.82) is 0 Å². The van der Waals surface area contributed by atoms with Gasteiger partial charge in [0.2, 0.25) is 0 Å². The summed E-state index contributed by atoms with van der Waals surface area (Å²) in [6, 6.07) is 0.332. The topological polar surface area (TPSA) is 38.9 Å². The first kappa shape index (κ1) is 10.0. The summed E-state index contributed by atoms with van der Waals surface area (Å²) in [6.45, 7) is 2.05. The first-order valence-corrected chi connectivity index (χ1v) is 6.03. The largest absolute Gasteiger partial charge is 0.328 e. The molecule has 0 amide bonds. The molecule has 0 bridgehead atoms. The zero-order valence-electron chi connectivity index (χ0n) is 7.19. The standard InChI is InChI=1S/C8H14N2S2/c1-7(9)2-3-11-5-8-4-10-6-12-8/h4,6-7H,2-3,5,9H2,1H3. The monoisotopic (exact) mass is 202 g/mol. The Balaban J connectivity index is 2.04. The Labute approximate surface area is 81.6 Å². The van der Waals surface area contributed by atoms with Crippen LogP contribution in [0, 0.1) is 0 Å². The van der Waals surface area contributed by atoms with Gasteiger partial charge in [-0.2, -0.15) is 11.8 Å². The molecule has 0 aromatic carbocycles. The van der Waals surface area contributed by atoms with Crippen LogP contribution in [0.15, 0.2) is 11.7 Å². The number of thiazole rings is 1. The third kappa shape index (κ3) is 4.09. The molecule has 0 aliphatic carbocycles. The van der Waals surface area contributed by atoms with Crippen LogP contribution in [0.2, 0.25) is 0 Å². The van der Waals surface area contributed by atoms with Crippen molar-refractivity contribution in [2.45, 2.75) is 25.1 Å². The zero-order valence-corrected chi connectivity index (χ0v) is 8.83. The molecule has 0 spiro atoms. The van der Waals surface area contributed by atoms with Gasteiger partial charge in [0.15, 0.2) is 0 Å². The Hall–Kier alpha value is -0.0600. The lowest BCUT2D eigenvalue weighted by Gasteiger charge is -2.02. The fraction of sp³-hybridized carbons (Fsp3) is 0.625. The summed E-state index contributed by atoms with van der Waals surface area (Å²) in [7, 11) is 0. The number of hydrogen-bond acceptors (Lipinski definition) is 4.